The molecule has 7 heteroatoms. The molecule has 5 nitrogen and oxygen atoms in total. The van der Waals surface area contributed by atoms with Crippen molar-refractivity contribution < 1.29 is 9.53 Å². The van der Waals surface area contributed by atoms with E-state index in [2.05, 4.69) is 4.99 Å². The number of esters is 1. The summed E-state index contributed by atoms with van der Waals surface area (Å²) in [6.45, 7) is 1.76. The molecule has 3 aromatic rings. The zero-order chi connectivity index (χ0) is 22.0. The van der Waals surface area contributed by atoms with Gasteiger partial charge in [-0.05, 0) is 36.3 Å². The second-order valence-corrected chi connectivity index (χ2v) is 8.38. The van der Waals surface area contributed by atoms with Crippen LogP contribution >= 0.6 is 22.9 Å². The molecule has 0 amide bonds. The third-order valence-corrected chi connectivity index (χ3v) is 6.14. The Labute approximate surface area is 187 Å². The first-order chi connectivity index (χ1) is 15.0. The normalized spacial score (nSPS) is 16.4. The monoisotopic (exact) mass is 450 g/mol. The molecule has 1 aliphatic rings. The molecule has 0 fully saturated rings. The van der Waals surface area contributed by atoms with E-state index in [0.717, 1.165) is 11.1 Å². The Morgan fingerprint density at radius 2 is 1.84 bits per heavy atom. The molecule has 1 aromatic heterocycles. The molecule has 0 radical (unpaired) electrons. The van der Waals surface area contributed by atoms with E-state index in [0.29, 0.717) is 25.6 Å². The van der Waals surface area contributed by atoms with Crippen molar-refractivity contribution in [1.82, 2.24) is 4.57 Å². The fraction of sp³-hybridized carbons (Fsp3) is 0.125. The van der Waals surface area contributed by atoms with E-state index in [1.54, 1.807) is 29.7 Å². The van der Waals surface area contributed by atoms with Crippen molar-refractivity contribution in [2.24, 2.45) is 4.99 Å². The van der Waals surface area contributed by atoms with E-state index in [4.69, 9.17) is 16.3 Å². The minimum atomic E-state index is -0.615. The number of carbonyl (C=O) groups is 1. The third kappa shape index (κ3) is 4.31. The number of nitrogens with zero attached hydrogens (tertiary/aromatic N) is 2. The van der Waals surface area contributed by atoms with E-state index in [1.165, 1.54) is 18.4 Å². The van der Waals surface area contributed by atoms with Crippen LogP contribution in [0.15, 0.2) is 81.7 Å². The molecule has 0 aliphatic carbocycles. The first kappa shape index (κ1) is 21.0. The van der Waals surface area contributed by atoms with Crippen molar-refractivity contribution in [3.05, 3.63) is 108 Å². The Morgan fingerprint density at radius 1 is 1.13 bits per heavy atom. The SMILES string of the molecule is COC(=O)C1=C(C)N=c2s/c(=C/c3ccc(Cl)cc3)c(=O)n2[C@@H]1/C=C/c1ccccc1. The minimum absolute atomic E-state index is 0.213. The number of carbonyl (C=O) groups excluding carboxylic acids is 1. The van der Waals surface area contributed by atoms with Crippen molar-refractivity contribution in [1.29, 1.82) is 0 Å². The van der Waals surface area contributed by atoms with Crippen molar-refractivity contribution >= 4 is 41.1 Å². The smallest absolute Gasteiger partial charge is 0.338 e. The molecule has 0 unspecified atom stereocenters. The van der Waals surface area contributed by atoms with Crippen LogP contribution < -0.4 is 14.9 Å². The highest BCUT2D eigenvalue weighted by Gasteiger charge is 2.29. The van der Waals surface area contributed by atoms with Gasteiger partial charge in [0.05, 0.1) is 29.0 Å². The van der Waals surface area contributed by atoms with E-state index in [-0.39, 0.29) is 5.56 Å². The van der Waals surface area contributed by atoms with Gasteiger partial charge >= 0.3 is 5.97 Å². The predicted molar refractivity (Wildman–Crippen MR) is 124 cm³/mol. The highest BCUT2D eigenvalue weighted by molar-refractivity contribution is 7.07. The van der Waals surface area contributed by atoms with Gasteiger partial charge in [0.2, 0.25) is 0 Å². The maximum atomic E-state index is 13.3. The number of hydrogen-bond acceptors (Lipinski definition) is 5. The summed E-state index contributed by atoms with van der Waals surface area (Å²) < 4.78 is 7.06. The van der Waals surface area contributed by atoms with Crippen LogP contribution in [-0.4, -0.2) is 17.6 Å². The number of halogens is 1. The largest absolute Gasteiger partial charge is 0.466 e. The molecule has 0 N–H and O–H groups in total. The second-order valence-electron chi connectivity index (χ2n) is 6.94. The number of ether oxygens (including phenoxy) is 1. The van der Waals surface area contributed by atoms with Gasteiger partial charge in [-0.15, -0.1) is 0 Å². The predicted octanol–water partition coefficient (Wildman–Crippen LogP) is 3.73. The maximum absolute atomic E-state index is 13.3. The summed E-state index contributed by atoms with van der Waals surface area (Å²) in [4.78, 5) is 30.9. The molecular weight excluding hydrogens is 432 g/mol. The van der Waals surface area contributed by atoms with Crippen LogP contribution in [-0.2, 0) is 9.53 Å². The van der Waals surface area contributed by atoms with Gasteiger partial charge in [-0.2, -0.15) is 0 Å². The van der Waals surface area contributed by atoms with Gasteiger partial charge in [-0.25, -0.2) is 9.79 Å². The molecule has 1 aliphatic heterocycles. The molecule has 31 heavy (non-hydrogen) atoms. The molecule has 1 atom stereocenters. The summed E-state index contributed by atoms with van der Waals surface area (Å²) in [5.74, 6) is -0.504. The van der Waals surface area contributed by atoms with Gasteiger partial charge in [0, 0.05) is 5.02 Å². The number of methoxy groups -OCH3 is 1. The summed E-state index contributed by atoms with van der Waals surface area (Å²) in [6.07, 6.45) is 5.53. The van der Waals surface area contributed by atoms with Gasteiger partial charge < -0.3 is 4.74 Å². The number of thiazole rings is 1. The number of fused-ring (bicyclic) bond motifs is 1. The first-order valence-electron chi connectivity index (χ1n) is 9.57. The van der Waals surface area contributed by atoms with Crippen LogP contribution in [0.4, 0.5) is 0 Å². The van der Waals surface area contributed by atoms with Crippen LogP contribution in [0.1, 0.15) is 24.1 Å². The summed E-state index contributed by atoms with van der Waals surface area (Å²) in [7, 11) is 1.33. The highest BCUT2D eigenvalue weighted by Crippen LogP contribution is 2.26. The third-order valence-electron chi connectivity index (χ3n) is 4.91. The van der Waals surface area contributed by atoms with E-state index >= 15 is 0 Å². The molecule has 0 spiro atoms. The summed E-state index contributed by atoms with van der Waals surface area (Å²) in [5, 5.41) is 0.628. The molecule has 2 aromatic carbocycles. The lowest BCUT2D eigenvalue weighted by Crippen LogP contribution is -2.38. The van der Waals surface area contributed by atoms with Crippen LogP contribution in [0.2, 0.25) is 5.02 Å². The number of allylic oxidation sites excluding steroid dienone is 2. The van der Waals surface area contributed by atoms with Gasteiger partial charge in [0.25, 0.3) is 5.56 Å². The van der Waals surface area contributed by atoms with E-state index in [9.17, 15) is 9.59 Å². The van der Waals surface area contributed by atoms with Gasteiger partial charge in [-0.3, -0.25) is 9.36 Å². The van der Waals surface area contributed by atoms with Crippen molar-refractivity contribution in [2.45, 2.75) is 13.0 Å². The fourth-order valence-electron chi connectivity index (χ4n) is 3.39. The van der Waals surface area contributed by atoms with E-state index < -0.39 is 12.0 Å². The molecule has 0 bridgehead atoms. The molecule has 4 rings (SSSR count). The first-order valence-corrected chi connectivity index (χ1v) is 10.8. The average Bonchev–Trinajstić information content (AvgIpc) is 3.08. The summed E-state index contributed by atoms with van der Waals surface area (Å²) >= 11 is 7.25. The van der Waals surface area contributed by atoms with Gasteiger partial charge in [-0.1, -0.05) is 77.6 Å². The van der Waals surface area contributed by atoms with Crippen molar-refractivity contribution in [2.75, 3.05) is 7.11 Å². The Hall–Kier alpha value is -3.22. The van der Waals surface area contributed by atoms with Crippen molar-refractivity contribution in [3.63, 3.8) is 0 Å². The van der Waals surface area contributed by atoms with Crippen LogP contribution in [0.5, 0.6) is 0 Å². The van der Waals surface area contributed by atoms with Crippen LogP contribution in [0.3, 0.4) is 0 Å². The summed E-state index contributed by atoms with van der Waals surface area (Å²) in [5.41, 5.74) is 2.49. The standard InChI is InChI=1S/C24H19ClN2O3S/c1-15-21(23(29)30-2)19(13-10-16-6-4-3-5-7-16)27-22(28)20(31-24(27)26-15)14-17-8-11-18(25)12-9-17/h3-14,19H,1-2H3/b13-10+,20-14+/t19-/m1/s1. The molecule has 0 saturated carbocycles. The van der Waals surface area contributed by atoms with Gasteiger partial charge in [0.1, 0.15) is 0 Å². The lowest BCUT2D eigenvalue weighted by molar-refractivity contribution is -0.136. The average molecular weight is 451 g/mol. The number of aromatic nitrogens is 1. The lowest BCUT2D eigenvalue weighted by atomic mass is 10.0. The second kappa shape index (κ2) is 8.88. The van der Waals surface area contributed by atoms with Crippen LogP contribution in [0.25, 0.3) is 12.2 Å². The topological polar surface area (TPSA) is 60.7 Å². The quantitative estimate of drug-likeness (QED) is 0.569. The number of hydrogen-bond donors (Lipinski definition) is 0. The Morgan fingerprint density at radius 3 is 2.52 bits per heavy atom. The van der Waals surface area contributed by atoms with Gasteiger partial charge in [0.15, 0.2) is 4.80 Å². The Balaban J connectivity index is 1.88. The minimum Gasteiger partial charge on any atom is -0.466 e. The zero-order valence-electron chi connectivity index (χ0n) is 16.9. The molecule has 0 saturated heterocycles. The lowest BCUT2D eigenvalue weighted by Gasteiger charge is -2.21. The highest BCUT2D eigenvalue weighted by atomic mass is 35.5. The summed E-state index contributed by atoms with van der Waals surface area (Å²) in [6, 6.07) is 16.3. The molecule has 2 heterocycles. The Kier molecular flexibility index (Phi) is 6.02. The Bertz CT molecular complexity index is 1370. The van der Waals surface area contributed by atoms with Crippen molar-refractivity contribution in [3.8, 4) is 0 Å². The van der Waals surface area contributed by atoms with E-state index in [1.807, 2.05) is 54.6 Å². The molecular formula is C24H19ClN2O3S. The number of rotatable bonds is 4. The fourth-order valence-corrected chi connectivity index (χ4v) is 4.58. The number of benzene rings is 2. The zero-order valence-corrected chi connectivity index (χ0v) is 18.5. The maximum Gasteiger partial charge on any atom is 0.338 e. The van der Waals surface area contributed by atoms with Crippen LogP contribution in [0, 0.1) is 0 Å². The molecule has 156 valence electrons.